The van der Waals surface area contributed by atoms with Crippen molar-refractivity contribution in [3.05, 3.63) is 47.2 Å². The van der Waals surface area contributed by atoms with Crippen molar-refractivity contribution >= 4 is 7.28 Å². The minimum Gasteiger partial charge on any atom is -0.493 e. The van der Waals surface area contributed by atoms with Crippen LogP contribution in [0.15, 0.2) is 30.5 Å². The Morgan fingerprint density at radius 2 is 1.66 bits per heavy atom. The fourth-order valence-electron chi connectivity index (χ4n) is 2.98. The summed E-state index contributed by atoms with van der Waals surface area (Å²) in [5.41, 5.74) is 4.07. The first-order chi connectivity index (χ1) is 13.9. The van der Waals surface area contributed by atoms with Gasteiger partial charge >= 0.3 is 0 Å². The fraction of sp³-hybridized carbons (Fsp3) is 0.542. The molecule has 157 valence electrons. The summed E-state index contributed by atoms with van der Waals surface area (Å²) in [7, 11) is 2.00. The quantitative estimate of drug-likeness (QED) is 0.596. The van der Waals surface area contributed by atoms with E-state index in [1.54, 1.807) is 0 Å². The van der Waals surface area contributed by atoms with Gasteiger partial charge in [0.25, 0.3) is 5.88 Å². The molecule has 2 aromatic rings. The lowest BCUT2D eigenvalue weighted by molar-refractivity contribution is 0.164. The van der Waals surface area contributed by atoms with E-state index < -0.39 is 0 Å². The lowest BCUT2D eigenvalue weighted by Crippen LogP contribution is -2.18. The smallest absolute Gasteiger partial charge is 0.257 e. The molecule has 0 amide bonds. The van der Waals surface area contributed by atoms with E-state index in [0.29, 0.717) is 19.1 Å². The summed E-state index contributed by atoms with van der Waals surface area (Å²) in [5, 5.41) is 0. The number of fused-ring (bicyclic) bond motifs is 2. The molecule has 5 heteroatoms. The minimum atomic E-state index is 0.100. The molecule has 0 N–H and O–H groups in total. The molecule has 2 aliphatic rings. The third-order valence-corrected chi connectivity index (χ3v) is 4.65. The highest BCUT2D eigenvalue weighted by molar-refractivity contribution is 6.31. The van der Waals surface area contributed by atoms with Gasteiger partial charge in [0.15, 0.2) is 5.75 Å². The maximum absolute atomic E-state index is 5.52. The van der Waals surface area contributed by atoms with Crippen molar-refractivity contribution in [2.75, 3.05) is 19.8 Å². The van der Waals surface area contributed by atoms with E-state index in [1.807, 2.05) is 33.2 Å². The number of hydrogen-bond acceptors (Lipinski definition) is 4. The molecule has 3 heterocycles. The zero-order valence-corrected chi connectivity index (χ0v) is 18.9. The molecule has 0 fully saturated rings. The van der Waals surface area contributed by atoms with Crippen LogP contribution in [0.2, 0.25) is 13.6 Å². The summed E-state index contributed by atoms with van der Waals surface area (Å²) < 4.78 is 16.3. The van der Waals surface area contributed by atoms with E-state index in [-0.39, 0.29) is 5.41 Å². The van der Waals surface area contributed by atoms with Crippen molar-refractivity contribution in [1.29, 1.82) is 0 Å². The number of rotatable bonds is 1. The highest BCUT2D eigenvalue weighted by Crippen LogP contribution is 2.32. The lowest BCUT2D eigenvalue weighted by Gasteiger charge is -2.22. The Hall–Kier alpha value is -2.17. The maximum Gasteiger partial charge on any atom is 0.257 e. The van der Waals surface area contributed by atoms with Gasteiger partial charge in [0.2, 0.25) is 0 Å². The average Bonchev–Trinajstić information content (AvgIpc) is 2.73. The predicted molar refractivity (Wildman–Crippen MR) is 121 cm³/mol. The zero-order valence-electron chi connectivity index (χ0n) is 18.9. The van der Waals surface area contributed by atoms with E-state index in [9.17, 15) is 0 Å². The zero-order chi connectivity index (χ0) is 21.3. The molecular formula is C24H35BNO3. The van der Waals surface area contributed by atoms with Gasteiger partial charge in [-0.1, -0.05) is 53.5 Å². The molecule has 4 nitrogen and oxygen atoms in total. The molecule has 0 saturated heterocycles. The van der Waals surface area contributed by atoms with Gasteiger partial charge in [-0.25, -0.2) is 4.98 Å². The molecule has 0 spiro atoms. The summed E-state index contributed by atoms with van der Waals surface area (Å²) in [5.74, 6) is 2.48. The van der Waals surface area contributed by atoms with Crippen molar-refractivity contribution in [2.24, 2.45) is 0 Å². The molecule has 0 atom stereocenters. The molecule has 2 aliphatic heterocycles. The van der Waals surface area contributed by atoms with Gasteiger partial charge in [-0.3, -0.25) is 0 Å². The summed E-state index contributed by atoms with van der Waals surface area (Å²) in [6.07, 6.45) is 5.32. The fourth-order valence-corrected chi connectivity index (χ4v) is 2.98. The number of aromatic nitrogens is 1. The molecule has 1 aromatic carbocycles. The highest BCUT2D eigenvalue weighted by atomic mass is 16.6. The SMILES string of the molecule is CC(C)(C)c1cnc2c(c1)OCCO2.CCc1ccc2c(c1)CCCO2.C[B]C. The van der Waals surface area contributed by atoms with Gasteiger partial charge in [0, 0.05) is 6.20 Å². The van der Waals surface area contributed by atoms with Crippen LogP contribution in [0.1, 0.15) is 50.8 Å². The van der Waals surface area contributed by atoms with Gasteiger partial charge in [-0.2, -0.15) is 0 Å². The largest absolute Gasteiger partial charge is 0.493 e. The van der Waals surface area contributed by atoms with E-state index in [2.05, 4.69) is 50.9 Å². The third kappa shape index (κ3) is 6.99. The van der Waals surface area contributed by atoms with Crippen LogP contribution < -0.4 is 14.2 Å². The van der Waals surface area contributed by atoms with Gasteiger partial charge in [-0.15, -0.1) is 0 Å². The Morgan fingerprint density at radius 3 is 2.34 bits per heavy atom. The molecule has 4 rings (SSSR count). The van der Waals surface area contributed by atoms with Crippen LogP contribution in [0.3, 0.4) is 0 Å². The Balaban J connectivity index is 0.000000184. The molecule has 1 radical (unpaired) electrons. The van der Waals surface area contributed by atoms with E-state index >= 15 is 0 Å². The summed E-state index contributed by atoms with van der Waals surface area (Å²) in [4.78, 5) is 4.24. The number of hydrogen-bond donors (Lipinski definition) is 0. The molecule has 0 aliphatic carbocycles. The van der Waals surface area contributed by atoms with Gasteiger partial charge in [0.05, 0.1) is 6.61 Å². The van der Waals surface area contributed by atoms with Crippen LogP contribution in [-0.2, 0) is 18.3 Å². The Morgan fingerprint density at radius 1 is 0.966 bits per heavy atom. The summed E-state index contributed by atoms with van der Waals surface area (Å²) >= 11 is 0. The topological polar surface area (TPSA) is 40.6 Å². The van der Waals surface area contributed by atoms with Gasteiger partial charge in [-0.05, 0) is 53.5 Å². The normalized spacial score (nSPS) is 14.1. The minimum absolute atomic E-state index is 0.100. The average molecular weight is 396 g/mol. The Labute approximate surface area is 177 Å². The predicted octanol–water partition coefficient (Wildman–Crippen LogP) is 5.51. The molecule has 0 unspecified atom stereocenters. The Bertz CT molecular complexity index is 771. The maximum atomic E-state index is 5.52. The van der Waals surface area contributed by atoms with Crippen LogP contribution in [0, 0.1) is 0 Å². The van der Waals surface area contributed by atoms with E-state index in [1.165, 1.54) is 29.5 Å². The van der Waals surface area contributed by atoms with Crippen LogP contribution >= 0.6 is 0 Å². The Kier molecular flexibility index (Phi) is 8.87. The molecule has 29 heavy (non-hydrogen) atoms. The number of ether oxygens (including phenoxy) is 3. The first-order valence-electron chi connectivity index (χ1n) is 10.6. The van der Waals surface area contributed by atoms with Gasteiger partial charge in [0.1, 0.15) is 26.2 Å². The van der Waals surface area contributed by atoms with Crippen LogP contribution in [0.25, 0.3) is 0 Å². The first-order valence-corrected chi connectivity index (χ1v) is 10.6. The molecule has 1 aromatic heterocycles. The molecule has 0 saturated carbocycles. The van der Waals surface area contributed by atoms with Crippen molar-refractivity contribution in [1.82, 2.24) is 4.98 Å². The summed E-state index contributed by atoms with van der Waals surface area (Å²) in [6, 6.07) is 8.55. The van der Waals surface area contributed by atoms with Crippen molar-refractivity contribution in [3.8, 4) is 17.4 Å². The highest BCUT2D eigenvalue weighted by Gasteiger charge is 2.19. The first kappa shape index (κ1) is 23.1. The van der Waals surface area contributed by atoms with Crippen LogP contribution in [-0.4, -0.2) is 32.1 Å². The van der Waals surface area contributed by atoms with Gasteiger partial charge < -0.3 is 14.2 Å². The van der Waals surface area contributed by atoms with Crippen LogP contribution in [0.4, 0.5) is 0 Å². The summed E-state index contributed by atoms with van der Waals surface area (Å²) in [6.45, 7) is 14.7. The monoisotopic (exact) mass is 396 g/mol. The van der Waals surface area contributed by atoms with Crippen molar-refractivity contribution < 1.29 is 14.2 Å². The number of aryl methyl sites for hydroxylation is 2. The third-order valence-electron chi connectivity index (χ3n) is 4.65. The van der Waals surface area contributed by atoms with Crippen molar-refractivity contribution in [2.45, 2.75) is 66.0 Å². The lowest BCUT2D eigenvalue weighted by atomic mass is 9.88. The second-order valence-corrected chi connectivity index (χ2v) is 8.30. The second-order valence-electron chi connectivity index (χ2n) is 8.30. The molecular weight excluding hydrogens is 361 g/mol. The standard InChI is InChI=1S/C11H15NO2.C11H14O.C2H6B/c1-11(2,3)8-6-9-10(12-7-8)14-5-4-13-9;1-2-9-5-6-11-10(8-9)4-3-7-12-11;1-3-2/h6-7H,4-5H2,1-3H3;5-6,8H,2-4,7H2,1H3;1-2H3. The van der Waals surface area contributed by atoms with E-state index in [4.69, 9.17) is 14.2 Å². The van der Waals surface area contributed by atoms with E-state index in [0.717, 1.165) is 24.5 Å². The second kappa shape index (κ2) is 11.1. The number of pyridine rings is 1. The molecule has 0 bridgehead atoms. The van der Waals surface area contributed by atoms with Crippen molar-refractivity contribution in [3.63, 3.8) is 0 Å². The number of benzene rings is 1. The van der Waals surface area contributed by atoms with Crippen LogP contribution in [0.5, 0.6) is 17.4 Å². The number of nitrogens with zero attached hydrogens (tertiary/aromatic N) is 1.